The lowest BCUT2D eigenvalue weighted by Crippen LogP contribution is -2.40. The number of benzene rings is 2. The van der Waals surface area contributed by atoms with Gasteiger partial charge in [-0.1, -0.05) is 18.2 Å². The van der Waals surface area contributed by atoms with Crippen LogP contribution in [0, 0.1) is 11.6 Å². The molecule has 2 aromatic carbocycles. The van der Waals surface area contributed by atoms with Gasteiger partial charge >= 0.3 is 0 Å². The first-order chi connectivity index (χ1) is 11.1. The highest BCUT2D eigenvalue weighted by Gasteiger charge is 2.32. The van der Waals surface area contributed by atoms with Gasteiger partial charge in [-0.2, -0.15) is 0 Å². The van der Waals surface area contributed by atoms with Crippen LogP contribution in [-0.4, -0.2) is 31.3 Å². The summed E-state index contributed by atoms with van der Waals surface area (Å²) in [5.74, 6) is -1.26. The Labute approximate surface area is 134 Å². The molecule has 23 heavy (non-hydrogen) atoms. The van der Waals surface area contributed by atoms with Crippen LogP contribution in [0.5, 0.6) is 0 Å². The normalized spacial score (nSPS) is 16.3. The fourth-order valence-electron chi connectivity index (χ4n) is 3.33. The quantitative estimate of drug-likeness (QED) is 0.890. The molecule has 0 aliphatic carbocycles. The maximum atomic E-state index is 13.7. The smallest absolute Gasteiger partial charge is 0.126 e. The minimum absolute atomic E-state index is 0.335. The third-order valence-electron chi connectivity index (χ3n) is 4.26. The average molecular weight is 318 g/mol. The zero-order chi connectivity index (χ0) is 16.4. The summed E-state index contributed by atoms with van der Waals surface area (Å²) in [5.41, 5.74) is 2.64. The van der Waals surface area contributed by atoms with Crippen molar-refractivity contribution in [3.63, 3.8) is 0 Å². The molecule has 0 amide bonds. The van der Waals surface area contributed by atoms with Crippen molar-refractivity contribution in [2.75, 3.05) is 25.0 Å². The van der Waals surface area contributed by atoms with Crippen molar-refractivity contribution < 1.29 is 13.9 Å². The molecule has 0 aromatic heterocycles. The second-order valence-corrected chi connectivity index (χ2v) is 5.84. The summed E-state index contributed by atoms with van der Waals surface area (Å²) in [6, 6.07) is 10.9. The molecule has 0 fully saturated rings. The number of nitrogens with zero attached hydrogens (tertiary/aromatic N) is 1. The second-order valence-electron chi connectivity index (χ2n) is 5.84. The van der Waals surface area contributed by atoms with Crippen LogP contribution in [0.4, 0.5) is 14.5 Å². The molecular weight excluding hydrogens is 298 g/mol. The summed E-state index contributed by atoms with van der Waals surface area (Å²) >= 11 is 0. The summed E-state index contributed by atoms with van der Waals surface area (Å²) in [6.07, 6.45) is 0.0730. The second kappa shape index (κ2) is 6.64. The molecule has 1 aliphatic rings. The number of fused-ring (bicyclic) bond motifs is 1. The van der Waals surface area contributed by atoms with E-state index in [1.54, 1.807) is 7.05 Å². The van der Waals surface area contributed by atoms with E-state index in [4.69, 9.17) is 0 Å². The van der Waals surface area contributed by atoms with Crippen LogP contribution in [0.25, 0.3) is 0 Å². The van der Waals surface area contributed by atoms with Gasteiger partial charge in [0, 0.05) is 24.8 Å². The van der Waals surface area contributed by atoms with Gasteiger partial charge in [0.2, 0.25) is 0 Å². The number of aliphatic hydroxyl groups excluding tert-OH is 1. The number of likely N-dealkylation sites (N-methyl/N-ethyl adjacent to an activating group) is 1. The Morgan fingerprint density at radius 3 is 2.57 bits per heavy atom. The first-order valence-corrected chi connectivity index (χ1v) is 7.73. The zero-order valence-electron chi connectivity index (χ0n) is 13.0. The van der Waals surface area contributed by atoms with E-state index in [1.807, 2.05) is 29.2 Å². The number of hydrogen-bond donors (Lipinski definition) is 2. The largest absolute Gasteiger partial charge is 0.389 e. The van der Waals surface area contributed by atoms with Gasteiger partial charge in [-0.15, -0.1) is 0 Å². The number of halogens is 2. The van der Waals surface area contributed by atoms with Crippen molar-refractivity contribution in [1.29, 1.82) is 0 Å². The third-order valence-corrected chi connectivity index (χ3v) is 4.26. The summed E-state index contributed by atoms with van der Waals surface area (Å²) in [4.78, 5) is 2.03. The molecule has 3 rings (SSSR count). The van der Waals surface area contributed by atoms with Gasteiger partial charge in [0.25, 0.3) is 0 Å². The van der Waals surface area contributed by atoms with E-state index in [9.17, 15) is 13.9 Å². The lowest BCUT2D eigenvalue weighted by atomic mass is 9.98. The van der Waals surface area contributed by atoms with Gasteiger partial charge in [0.05, 0.1) is 12.1 Å². The predicted molar refractivity (Wildman–Crippen MR) is 86.5 cm³/mol. The van der Waals surface area contributed by atoms with Crippen molar-refractivity contribution in [1.82, 2.24) is 5.32 Å². The summed E-state index contributed by atoms with van der Waals surface area (Å²) in [6.45, 7) is 1.05. The Bertz CT molecular complexity index is 672. The topological polar surface area (TPSA) is 35.5 Å². The maximum Gasteiger partial charge on any atom is 0.126 e. The molecule has 0 saturated carbocycles. The Morgan fingerprint density at radius 2 is 1.87 bits per heavy atom. The van der Waals surface area contributed by atoms with Gasteiger partial charge < -0.3 is 15.3 Å². The van der Waals surface area contributed by atoms with Crippen LogP contribution in [0.1, 0.15) is 17.2 Å². The molecule has 0 radical (unpaired) electrons. The van der Waals surface area contributed by atoms with Crippen molar-refractivity contribution in [2.45, 2.75) is 18.6 Å². The Hall–Kier alpha value is -1.98. The Morgan fingerprint density at radius 1 is 1.17 bits per heavy atom. The van der Waals surface area contributed by atoms with Crippen molar-refractivity contribution in [2.24, 2.45) is 0 Å². The molecule has 0 spiro atoms. The molecule has 0 bridgehead atoms. The number of hydrogen-bond acceptors (Lipinski definition) is 3. The number of para-hydroxylation sites is 1. The van der Waals surface area contributed by atoms with Crippen LogP contribution in [-0.2, 0) is 6.42 Å². The molecule has 1 heterocycles. The van der Waals surface area contributed by atoms with E-state index in [-0.39, 0.29) is 0 Å². The van der Waals surface area contributed by atoms with E-state index < -0.39 is 23.8 Å². The predicted octanol–water partition coefficient (Wildman–Crippen LogP) is 2.65. The molecule has 2 unspecified atom stereocenters. The highest BCUT2D eigenvalue weighted by Crippen LogP contribution is 2.37. The van der Waals surface area contributed by atoms with Crippen LogP contribution in [0.2, 0.25) is 0 Å². The fourth-order valence-corrected chi connectivity index (χ4v) is 3.33. The van der Waals surface area contributed by atoms with Gasteiger partial charge in [-0.3, -0.25) is 0 Å². The molecule has 5 heteroatoms. The zero-order valence-corrected chi connectivity index (χ0v) is 13.0. The van der Waals surface area contributed by atoms with Crippen LogP contribution >= 0.6 is 0 Å². The third kappa shape index (κ3) is 3.21. The van der Waals surface area contributed by atoms with Crippen molar-refractivity contribution >= 4 is 5.69 Å². The first kappa shape index (κ1) is 15.9. The molecule has 2 N–H and O–H groups in total. The van der Waals surface area contributed by atoms with Gasteiger partial charge in [-0.25, -0.2) is 8.78 Å². The van der Waals surface area contributed by atoms with Crippen molar-refractivity contribution in [3.05, 3.63) is 65.2 Å². The lowest BCUT2D eigenvalue weighted by molar-refractivity contribution is 0.141. The minimum atomic E-state index is -0.785. The Balaban J connectivity index is 2.03. The molecule has 2 atom stereocenters. The molecule has 3 nitrogen and oxygen atoms in total. The highest BCUT2D eigenvalue weighted by atomic mass is 19.1. The lowest BCUT2D eigenvalue weighted by Gasteiger charge is -2.34. The number of nitrogens with one attached hydrogen (secondary N) is 1. The SMILES string of the molecule is CNCC(O)C(c1cc(F)cc(F)c1)N1CCc2ccccc21. The molecular formula is C18H20F2N2O. The summed E-state index contributed by atoms with van der Waals surface area (Å²) in [7, 11) is 1.74. The molecule has 1 aliphatic heterocycles. The monoisotopic (exact) mass is 318 g/mol. The van der Waals surface area contributed by atoms with Gasteiger partial charge in [-0.05, 0) is 42.8 Å². The Kier molecular flexibility index (Phi) is 4.59. The van der Waals surface area contributed by atoms with Crippen LogP contribution < -0.4 is 10.2 Å². The standard InChI is InChI=1S/C18H20F2N2O/c1-21-11-17(23)18(13-8-14(19)10-15(20)9-13)22-7-6-12-4-2-3-5-16(12)22/h2-5,8-10,17-18,21,23H,6-7,11H2,1H3. The number of rotatable bonds is 5. The van der Waals surface area contributed by atoms with Crippen molar-refractivity contribution in [3.8, 4) is 0 Å². The molecule has 2 aromatic rings. The minimum Gasteiger partial charge on any atom is -0.389 e. The first-order valence-electron chi connectivity index (χ1n) is 7.73. The van der Waals surface area contributed by atoms with Gasteiger partial charge in [0.1, 0.15) is 11.6 Å². The fraction of sp³-hybridized carbons (Fsp3) is 0.333. The highest BCUT2D eigenvalue weighted by molar-refractivity contribution is 5.59. The molecule has 122 valence electrons. The summed E-state index contributed by atoms with van der Waals surface area (Å²) < 4.78 is 27.3. The number of anilines is 1. The van der Waals surface area contributed by atoms with Gasteiger partial charge in [0.15, 0.2) is 0 Å². The van der Waals surface area contributed by atoms with E-state index in [2.05, 4.69) is 5.32 Å². The van der Waals surface area contributed by atoms with E-state index in [0.717, 1.165) is 18.2 Å². The van der Waals surface area contributed by atoms with E-state index >= 15 is 0 Å². The van der Waals surface area contributed by atoms with Crippen LogP contribution in [0.15, 0.2) is 42.5 Å². The summed E-state index contributed by atoms with van der Waals surface area (Å²) in [5, 5.41) is 13.5. The maximum absolute atomic E-state index is 13.7. The molecule has 0 saturated heterocycles. The average Bonchev–Trinajstić information content (AvgIpc) is 2.91. The number of aliphatic hydroxyl groups is 1. The van der Waals surface area contributed by atoms with Crippen LogP contribution in [0.3, 0.4) is 0 Å². The van der Waals surface area contributed by atoms with E-state index in [0.29, 0.717) is 18.7 Å². The van der Waals surface area contributed by atoms with E-state index in [1.165, 1.54) is 17.7 Å².